The number of nitrogens with zero attached hydrogens (tertiary/aromatic N) is 1. The van der Waals surface area contributed by atoms with Crippen LogP contribution in [0.4, 0.5) is 5.69 Å². The number of benzene rings is 2. The molecule has 7 nitrogen and oxygen atoms in total. The number of primary amides is 1. The highest BCUT2D eigenvalue weighted by molar-refractivity contribution is 7.92. The van der Waals surface area contributed by atoms with E-state index in [9.17, 15) is 18.0 Å². The molecule has 3 aromatic rings. The highest BCUT2D eigenvalue weighted by Gasteiger charge is 2.29. The average molecular weight is 515 g/mol. The van der Waals surface area contributed by atoms with Gasteiger partial charge >= 0.3 is 5.97 Å². The summed E-state index contributed by atoms with van der Waals surface area (Å²) < 4.78 is 33.8. The Balaban J connectivity index is 2.06. The molecule has 1 amide bonds. The molecule has 0 radical (unpaired) electrons. The van der Waals surface area contributed by atoms with Crippen LogP contribution in [0.3, 0.4) is 0 Å². The molecule has 32 heavy (non-hydrogen) atoms. The Morgan fingerprint density at radius 2 is 1.78 bits per heavy atom. The van der Waals surface area contributed by atoms with Crippen molar-refractivity contribution in [2.45, 2.75) is 24.7 Å². The zero-order chi connectivity index (χ0) is 23.5. The Morgan fingerprint density at radius 1 is 1.09 bits per heavy atom. The molecular formula is C21H20Cl2N2O5S2. The maximum Gasteiger partial charge on any atom is 0.326 e. The second-order valence-corrected chi connectivity index (χ2v) is 10.7. The van der Waals surface area contributed by atoms with Gasteiger partial charge in [-0.1, -0.05) is 36.5 Å². The Bertz CT molecular complexity index is 1250. The molecule has 0 aliphatic carbocycles. The molecule has 0 aliphatic rings. The number of nitrogens with two attached hydrogens (primary N) is 1. The first kappa shape index (κ1) is 24.3. The van der Waals surface area contributed by atoms with Gasteiger partial charge in [-0.3, -0.25) is 13.9 Å². The summed E-state index contributed by atoms with van der Waals surface area (Å²) in [5.41, 5.74) is 5.57. The number of esters is 1. The number of halogens is 2. The first-order valence-corrected chi connectivity index (χ1v) is 12.6. The monoisotopic (exact) mass is 514 g/mol. The minimum Gasteiger partial charge on any atom is -0.464 e. The number of ether oxygens (including phenoxy) is 1. The lowest BCUT2D eigenvalue weighted by molar-refractivity contribution is -0.141. The smallest absolute Gasteiger partial charge is 0.326 e. The number of hydrogen-bond acceptors (Lipinski definition) is 6. The van der Waals surface area contributed by atoms with Gasteiger partial charge in [-0.25, -0.2) is 8.42 Å². The van der Waals surface area contributed by atoms with Crippen LogP contribution in [-0.4, -0.2) is 33.4 Å². The predicted octanol–water partition coefficient (Wildman–Crippen LogP) is 4.85. The van der Waals surface area contributed by atoms with Crippen molar-refractivity contribution in [3.63, 3.8) is 0 Å². The summed E-state index contributed by atoms with van der Waals surface area (Å²) in [4.78, 5) is 24.1. The fraction of sp³-hybridized carbons (Fsp3) is 0.238. The van der Waals surface area contributed by atoms with Gasteiger partial charge in [0.25, 0.3) is 15.9 Å². The van der Waals surface area contributed by atoms with Gasteiger partial charge in [0.2, 0.25) is 0 Å². The number of carbonyl (C=O) groups excluding carboxylic acids is 2. The summed E-state index contributed by atoms with van der Waals surface area (Å²) in [6.07, 6.45) is 1.49. The normalized spacial score (nSPS) is 11.5. The Morgan fingerprint density at radius 3 is 2.41 bits per heavy atom. The predicted molar refractivity (Wildman–Crippen MR) is 127 cm³/mol. The van der Waals surface area contributed by atoms with E-state index in [4.69, 9.17) is 33.7 Å². The zero-order valence-corrected chi connectivity index (χ0v) is 20.2. The number of rotatable bonds is 9. The van der Waals surface area contributed by atoms with E-state index in [2.05, 4.69) is 0 Å². The molecule has 0 atom stereocenters. The maximum atomic E-state index is 13.5. The summed E-state index contributed by atoms with van der Waals surface area (Å²) in [5, 5.41) is 0.895. The molecule has 0 saturated carbocycles. The number of sulfonamides is 1. The Hall–Kier alpha value is -2.33. The van der Waals surface area contributed by atoms with Crippen molar-refractivity contribution < 1.29 is 22.7 Å². The molecule has 170 valence electrons. The molecule has 0 bridgehead atoms. The molecule has 2 aromatic carbocycles. The third kappa shape index (κ3) is 5.53. The highest BCUT2D eigenvalue weighted by atomic mass is 35.5. The number of unbranched alkanes of at least 4 members (excludes halogenated alkanes) is 1. The van der Waals surface area contributed by atoms with E-state index < -0.39 is 28.4 Å². The lowest BCUT2D eigenvalue weighted by Crippen LogP contribution is -2.36. The van der Waals surface area contributed by atoms with Crippen LogP contribution in [0.15, 0.2) is 47.4 Å². The standard InChI is InChI=1S/C21H20Cl2N2O5S2/c1-2-3-6-30-20(26)12-25(32(28,29)17-10-14(22)9-15(23)11-17)16-4-5-18-13(7-16)8-19(31-18)21(24)27/h4-5,7-11H,2-3,6,12H2,1H3,(H2,24,27). The molecule has 11 heteroatoms. The highest BCUT2D eigenvalue weighted by Crippen LogP contribution is 2.33. The van der Waals surface area contributed by atoms with E-state index in [0.717, 1.165) is 15.4 Å². The number of amides is 1. The van der Waals surface area contributed by atoms with Gasteiger partial charge in [-0.15, -0.1) is 11.3 Å². The van der Waals surface area contributed by atoms with E-state index in [1.54, 1.807) is 24.3 Å². The van der Waals surface area contributed by atoms with E-state index >= 15 is 0 Å². The van der Waals surface area contributed by atoms with Crippen molar-refractivity contribution in [2.75, 3.05) is 17.5 Å². The van der Waals surface area contributed by atoms with E-state index in [0.29, 0.717) is 16.7 Å². The first-order chi connectivity index (χ1) is 15.1. The molecule has 2 N–H and O–H groups in total. The number of anilines is 1. The second-order valence-electron chi connectivity index (χ2n) is 6.89. The van der Waals surface area contributed by atoms with Crippen molar-refractivity contribution >= 4 is 72.2 Å². The van der Waals surface area contributed by atoms with Crippen LogP contribution in [-0.2, 0) is 19.6 Å². The van der Waals surface area contributed by atoms with Crippen LogP contribution >= 0.6 is 34.5 Å². The Kier molecular flexibility index (Phi) is 7.66. The van der Waals surface area contributed by atoms with Gasteiger partial charge in [0.1, 0.15) is 6.54 Å². The molecule has 1 heterocycles. The quantitative estimate of drug-likeness (QED) is 0.324. The van der Waals surface area contributed by atoms with Crippen molar-refractivity contribution in [1.29, 1.82) is 0 Å². The van der Waals surface area contributed by atoms with Crippen LogP contribution in [0, 0.1) is 0 Å². The average Bonchev–Trinajstić information content (AvgIpc) is 3.15. The van der Waals surface area contributed by atoms with Gasteiger partial charge in [0.05, 0.1) is 22.1 Å². The molecule has 0 spiro atoms. The van der Waals surface area contributed by atoms with E-state index in [1.165, 1.54) is 29.5 Å². The Labute approximate surface area is 199 Å². The van der Waals surface area contributed by atoms with Crippen molar-refractivity contribution in [1.82, 2.24) is 0 Å². The van der Waals surface area contributed by atoms with Crippen LogP contribution in [0.2, 0.25) is 10.0 Å². The van der Waals surface area contributed by atoms with Gasteiger partial charge in [-0.2, -0.15) is 0 Å². The van der Waals surface area contributed by atoms with Crippen molar-refractivity contribution in [2.24, 2.45) is 5.73 Å². The van der Waals surface area contributed by atoms with E-state index in [-0.39, 0.29) is 27.2 Å². The summed E-state index contributed by atoms with van der Waals surface area (Å²) in [5.74, 6) is -1.27. The van der Waals surface area contributed by atoms with Crippen LogP contribution < -0.4 is 10.0 Å². The lowest BCUT2D eigenvalue weighted by atomic mass is 10.2. The number of fused-ring (bicyclic) bond motifs is 1. The third-order valence-corrected chi connectivity index (χ3v) is 7.81. The molecule has 0 saturated heterocycles. The summed E-state index contributed by atoms with van der Waals surface area (Å²) >= 11 is 13.2. The van der Waals surface area contributed by atoms with Crippen LogP contribution in [0.25, 0.3) is 10.1 Å². The number of thiophene rings is 1. The summed E-state index contributed by atoms with van der Waals surface area (Å²) in [6.45, 7) is 1.59. The van der Waals surface area contributed by atoms with Gasteiger partial charge < -0.3 is 10.5 Å². The fourth-order valence-corrected chi connectivity index (χ4v) is 5.94. The lowest BCUT2D eigenvalue weighted by Gasteiger charge is -2.24. The summed E-state index contributed by atoms with van der Waals surface area (Å²) in [7, 11) is -4.23. The third-order valence-electron chi connectivity index (χ3n) is 4.49. The summed E-state index contributed by atoms with van der Waals surface area (Å²) in [6, 6.07) is 10.3. The maximum absolute atomic E-state index is 13.5. The molecule has 0 unspecified atom stereocenters. The zero-order valence-electron chi connectivity index (χ0n) is 17.0. The van der Waals surface area contributed by atoms with Gasteiger partial charge in [0, 0.05) is 14.7 Å². The second kappa shape index (κ2) is 10.1. The molecule has 3 rings (SSSR count). The largest absolute Gasteiger partial charge is 0.464 e. The fourth-order valence-electron chi connectivity index (χ4n) is 2.92. The van der Waals surface area contributed by atoms with Crippen molar-refractivity contribution in [3.8, 4) is 0 Å². The topological polar surface area (TPSA) is 107 Å². The number of carbonyl (C=O) groups is 2. The molecule has 0 aliphatic heterocycles. The van der Waals surface area contributed by atoms with Crippen molar-refractivity contribution in [3.05, 3.63) is 57.4 Å². The molecule has 1 aromatic heterocycles. The minimum absolute atomic E-state index is 0.140. The molecule has 0 fully saturated rings. The van der Waals surface area contributed by atoms with Crippen LogP contribution in [0.5, 0.6) is 0 Å². The van der Waals surface area contributed by atoms with Gasteiger partial charge in [0.15, 0.2) is 0 Å². The number of hydrogen-bond donors (Lipinski definition) is 1. The first-order valence-electron chi connectivity index (χ1n) is 9.59. The molecular weight excluding hydrogens is 495 g/mol. The minimum atomic E-state index is -4.23. The van der Waals surface area contributed by atoms with Gasteiger partial charge in [-0.05, 0) is 54.3 Å². The van der Waals surface area contributed by atoms with E-state index in [1.807, 2.05) is 6.92 Å². The SMILES string of the molecule is CCCCOC(=O)CN(c1ccc2sc(C(N)=O)cc2c1)S(=O)(=O)c1cc(Cl)cc(Cl)c1. The van der Waals surface area contributed by atoms with Crippen LogP contribution in [0.1, 0.15) is 29.4 Å².